The fraction of sp³-hybridized carbons (Fsp3) is 1.00. The molecule has 1 atom stereocenters. The van der Waals surface area contributed by atoms with Gasteiger partial charge in [0.15, 0.2) is 0 Å². The fourth-order valence-electron chi connectivity index (χ4n) is 2.55. The smallest absolute Gasteiger partial charge is 0.00923 e. The van der Waals surface area contributed by atoms with Gasteiger partial charge in [0.2, 0.25) is 0 Å². The van der Waals surface area contributed by atoms with Crippen LogP contribution in [0.15, 0.2) is 0 Å². The molecule has 1 fully saturated rings. The number of nitrogens with zero attached hydrogens (tertiary/aromatic N) is 1. The summed E-state index contributed by atoms with van der Waals surface area (Å²) in [5, 5.41) is 0. The maximum atomic E-state index is 4.44. The third-order valence-electron chi connectivity index (χ3n) is 3.45. The lowest BCUT2D eigenvalue weighted by Crippen LogP contribution is -2.34. The standard InChI is InChI=1S/C12H25NS/c1-3-6-11(10-14)9-13(2)12-7-4-5-8-12/h11-12,14H,3-10H2,1-2H3. The predicted molar refractivity (Wildman–Crippen MR) is 67.1 cm³/mol. The average molecular weight is 215 g/mol. The van der Waals surface area contributed by atoms with Crippen LogP contribution < -0.4 is 0 Å². The third-order valence-corrected chi connectivity index (χ3v) is 3.97. The molecule has 1 unspecified atom stereocenters. The Hall–Kier alpha value is 0.310. The molecule has 0 bridgehead atoms. The molecule has 0 aromatic rings. The van der Waals surface area contributed by atoms with Crippen molar-refractivity contribution in [1.29, 1.82) is 0 Å². The van der Waals surface area contributed by atoms with E-state index in [0.717, 1.165) is 17.7 Å². The van der Waals surface area contributed by atoms with Crippen LogP contribution in [-0.4, -0.2) is 30.3 Å². The topological polar surface area (TPSA) is 3.24 Å². The summed E-state index contributed by atoms with van der Waals surface area (Å²) < 4.78 is 0. The zero-order chi connectivity index (χ0) is 10.4. The molecular formula is C12H25NS. The quantitative estimate of drug-likeness (QED) is 0.666. The molecule has 84 valence electrons. The van der Waals surface area contributed by atoms with Crippen LogP contribution >= 0.6 is 12.6 Å². The SMILES string of the molecule is CCCC(CS)CN(C)C1CCCC1. The molecule has 1 saturated carbocycles. The molecule has 0 aromatic heterocycles. The highest BCUT2D eigenvalue weighted by Crippen LogP contribution is 2.23. The van der Waals surface area contributed by atoms with Crippen molar-refractivity contribution < 1.29 is 0 Å². The Kier molecular flexibility index (Phi) is 5.95. The summed E-state index contributed by atoms with van der Waals surface area (Å²) in [4.78, 5) is 2.57. The lowest BCUT2D eigenvalue weighted by Gasteiger charge is -2.28. The van der Waals surface area contributed by atoms with Gasteiger partial charge in [-0.2, -0.15) is 12.6 Å². The van der Waals surface area contributed by atoms with Gasteiger partial charge in [-0.05, 0) is 38.0 Å². The molecule has 0 aromatic carbocycles. The summed E-state index contributed by atoms with van der Waals surface area (Å²) in [5.74, 6) is 1.85. The van der Waals surface area contributed by atoms with Crippen LogP contribution in [0.4, 0.5) is 0 Å². The van der Waals surface area contributed by atoms with E-state index < -0.39 is 0 Å². The van der Waals surface area contributed by atoms with E-state index >= 15 is 0 Å². The molecule has 1 nitrogen and oxygen atoms in total. The Bertz CT molecular complexity index is 143. The first kappa shape index (κ1) is 12.4. The summed E-state index contributed by atoms with van der Waals surface area (Å²) >= 11 is 4.44. The second-order valence-corrected chi connectivity index (χ2v) is 5.08. The second kappa shape index (κ2) is 6.73. The van der Waals surface area contributed by atoms with E-state index in [0.29, 0.717) is 0 Å². The van der Waals surface area contributed by atoms with Crippen LogP contribution in [0.2, 0.25) is 0 Å². The molecule has 0 N–H and O–H groups in total. The van der Waals surface area contributed by atoms with E-state index in [2.05, 4.69) is 31.5 Å². The van der Waals surface area contributed by atoms with Crippen molar-refractivity contribution in [3.05, 3.63) is 0 Å². The lowest BCUT2D eigenvalue weighted by atomic mass is 10.0. The summed E-state index contributed by atoms with van der Waals surface area (Å²) in [5.41, 5.74) is 0. The van der Waals surface area contributed by atoms with Gasteiger partial charge in [0, 0.05) is 12.6 Å². The van der Waals surface area contributed by atoms with Gasteiger partial charge < -0.3 is 4.90 Å². The van der Waals surface area contributed by atoms with Gasteiger partial charge in [0.05, 0.1) is 0 Å². The summed E-state index contributed by atoms with van der Waals surface area (Å²) in [6.07, 6.45) is 8.34. The highest BCUT2D eigenvalue weighted by Gasteiger charge is 2.21. The number of hydrogen-bond donors (Lipinski definition) is 1. The predicted octanol–water partition coefficient (Wildman–Crippen LogP) is 3.21. The number of rotatable bonds is 6. The molecule has 14 heavy (non-hydrogen) atoms. The monoisotopic (exact) mass is 215 g/mol. The number of thiol groups is 1. The first-order valence-electron chi connectivity index (χ1n) is 6.09. The van der Waals surface area contributed by atoms with Gasteiger partial charge in [-0.25, -0.2) is 0 Å². The van der Waals surface area contributed by atoms with Crippen molar-refractivity contribution in [3.8, 4) is 0 Å². The van der Waals surface area contributed by atoms with Crippen LogP contribution in [0.3, 0.4) is 0 Å². The minimum atomic E-state index is 0.800. The molecule has 0 spiro atoms. The molecular weight excluding hydrogens is 190 g/mol. The molecule has 0 radical (unpaired) electrons. The molecule has 1 aliphatic rings. The van der Waals surface area contributed by atoms with E-state index in [-0.39, 0.29) is 0 Å². The summed E-state index contributed by atoms with van der Waals surface area (Å²) in [6.45, 7) is 3.52. The molecule has 0 amide bonds. The number of hydrogen-bond acceptors (Lipinski definition) is 2. The normalized spacial score (nSPS) is 20.6. The molecule has 0 saturated heterocycles. The van der Waals surface area contributed by atoms with E-state index in [1.54, 1.807) is 0 Å². The van der Waals surface area contributed by atoms with Crippen molar-refractivity contribution in [2.45, 2.75) is 51.5 Å². The van der Waals surface area contributed by atoms with Gasteiger partial charge in [-0.1, -0.05) is 26.2 Å². The van der Waals surface area contributed by atoms with Crippen molar-refractivity contribution in [1.82, 2.24) is 4.90 Å². The Morgan fingerprint density at radius 1 is 1.36 bits per heavy atom. The Morgan fingerprint density at radius 3 is 2.50 bits per heavy atom. The Balaban J connectivity index is 2.25. The highest BCUT2D eigenvalue weighted by atomic mass is 32.1. The first-order chi connectivity index (χ1) is 6.77. The lowest BCUT2D eigenvalue weighted by molar-refractivity contribution is 0.211. The zero-order valence-electron chi connectivity index (χ0n) is 9.71. The molecule has 1 aliphatic carbocycles. The Labute approximate surface area is 94.7 Å². The summed E-state index contributed by atoms with van der Waals surface area (Å²) in [7, 11) is 2.29. The van der Waals surface area contributed by atoms with Crippen LogP contribution in [0.5, 0.6) is 0 Å². The van der Waals surface area contributed by atoms with E-state index in [9.17, 15) is 0 Å². The van der Waals surface area contributed by atoms with Gasteiger partial charge in [-0.3, -0.25) is 0 Å². The summed E-state index contributed by atoms with van der Waals surface area (Å²) in [6, 6.07) is 0.870. The first-order valence-corrected chi connectivity index (χ1v) is 6.72. The molecule has 2 heteroatoms. The van der Waals surface area contributed by atoms with Crippen LogP contribution in [0.25, 0.3) is 0 Å². The van der Waals surface area contributed by atoms with Crippen molar-refractivity contribution in [2.75, 3.05) is 19.3 Å². The maximum absolute atomic E-state index is 4.44. The van der Waals surface area contributed by atoms with Gasteiger partial charge >= 0.3 is 0 Å². The Morgan fingerprint density at radius 2 is 2.00 bits per heavy atom. The van der Waals surface area contributed by atoms with Crippen LogP contribution in [0.1, 0.15) is 45.4 Å². The van der Waals surface area contributed by atoms with Crippen molar-refractivity contribution in [3.63, 3.8) is 0 Å². The zero-order valence-corrected chi connectivity index (χ0v) is 10.6. The molecule has 0 aliphatic heterocycles. The van der Waals surface area contributed by atoms with E-state index in [1.807, 2.05) is 0 Å². The largest absolute Gasteiger partial charge is 0.303 e. The fourth-order valence-corrected chi connectivity index (χ4v) is 2.85. The van der Waals surface area contributed by atoms with Crippen molar-refractivity contribution in [2.24, 2.45) is 5.92 Å². The van der Waals surface area contributed by atoms with Gasteiger partial charge in [0.25, 0.3) is 0 Å². The van der Waals surface area contributed by atoms with Gasteiger partial charge in [-0.15, -0.1) is 0 Å². The third kappa shape index (κ3) is 3.82. The molecule has 1 rings (SSSR count). The van der Waals surface area contributed by atoms with E-state index in [1.165, 1.54) is 45.1 Å². The highest BCUT2D eigenvalue weighted by molar-refractivity contribution is 7.80. The molecule has 0 heterocycles. The minimum absolute atomic E-state index is 0.800. The van der Waals surface area contributed by atoms with Crippen molar-refractivity contribution >= 4 is 12.6 Å². The second-order valence-electron chi connectivity index (χ2n) is 4.72. The van der Waals surface area contributed by atoms with Gasteiger partial charge in [0.1, 0.15) is 0 Å². The van der Waals surface area contributed by atoms with Crippen LogP contribution in [0, 0.1) is 5.92 Å². The van der Waals surface area contributed by atoms with E-state index in [4.69, 9.17) is 0 Å². The minimum Gasteiger partial charge on any atom is -0.303 e. The average Bonchev–Trinajstić information content (AvgIpc) is 2.69. The maximum Gasteiger partial charge on any atom is 0.00923 e. The van der Waals surface area contributed by atoms with Crippen LogP contribution in [-0.2, 0) is 0 Å².